The molecule has 4 rings (SSSR count). The summed E-state index contributed by atoms with van der Waals surface area (Å²) >= 11 is 1.13. The first kappa shape index (κ1) is 23.7. The molecule has 11 heteroatoms. The number of nitro benzene ring substituents is 1. The fraction of sp³-hybridized carbons (Fsp3) is 0.348. The molecule has 1 aromatic heterocycles. The second-order valence-electron chi connectivity index (χ2n) is 8.01. The van der Waals surface area contributed by atoms with Gasteiger partial charge in [0.15, 0.2) is 5.16 Å². The van der Waals surface area contributed by atoms with Crippen LogP contribution in [0.1, 0.15) is 34.8 Å². The zero-order chi connectivity index (χ0) is 24.1. The smallest absolute Gasteiger partial charge is 0.284 e. The van der Waals surface area contributed by atoms with Gasteiger partial charge in [-0.05, 0) is 67.5 Å². The predicted molar refractivity (Wildman–Crippen MR) is 127 cm³/mol. The van der Waals surface area contributed by atoms with Crippen LogP contribution in [-0.2, 0) is 7.05 Å². The van der Waals surface area contributed by atoms with Gasteiger partial charge in [-0.3, -0.25) is 19.8 Å². The lowest BCUT2D eigenvalue weighted by atomic mass is 10.0. The number of nitrogens with one attached hydrogen (secondary N) is 1. The van der Waals surface area contributed by atoms with E-state index in [9.17, 15) is 14.9 Å². The molecule has 1 unspecified atom stereocenters. The van der Waals surface area contributed by atoms with Crippen LogP contribution < -0.4 is 10.1 Å². The summed E-state index contributed by atoms with van der Waals surface area (Å²) < 4.78 is 6.93. The largest absolute Gasteiger partial charge is 0.497 e. The van der Waals surface area contributed by atoms with E-state index in [1.54, 1.807) is 30.9 Å². The number of benzene rings is 2. The lowest BCUT2D eigenvalue weighted by Crippen LogP contribution is -2.36. The van der Waals surface area contributed by atoms with Gasteiger partial charge in [0, 0.05) is 25.2 Å². The first-order valence-corrected chi connectivity index (χ1v) is 11.7. The third-order valence-electron chi connectivity index (χ3n) is 5.83. The minimum atomic E-state index is -0.486. The molecule has 0 saturated carbocycles. The van der Waals surface area contributed by atoms with Crippen molar-refractivity contribution in [3.8, 4) is 5.75 Å². The van der Waals surface area contributed by atoms with Crippen molar-refractivity contribution < 1.29 is 14.5 Å². The minimum absolute atomic E-state index is 0.0121. The molecule has 3 aromatic rings. The summed E-state index contributed by atoms with van der Waals surface area (Å²) in [5.41, 5.74) is 1.18. The fourth-order valence-electron chi connectivity index (χ4n) is 3.98. The number of aryl methyl sites for hydroxylation is 1. The summed E-state index contributed by atoms with van der Waals surface area (Å²) in [4.78, 5) is 26.9. The number of nitro groups is 1. The number of methoxy groups -OCH3 is 1. The predicted octanol–water partition coefficient (Wildman–Crippen LogP) is 3.45. The number of ether oxygens (including phenoxy) is 1. The van der Waals surface area contributed by atoms with Gasteiger partial charge in [0.05, 0.1) is 23.0 Å². The lowest BCUT2D eigenvalue weighted by molar-refractivity contribution is -0.387. The molecule has 1 aliphatic heterocycles. The second-order valence-corrected chi connectivity index (χ2v) is 9.02. The van der Waals surface area contributed by atoms with E-state index in [0.29, 0.717) is 16.6 Å². The lowest BCUT2D eigenvalue weighted by Gasteiger charge is -2.28. The number of aromatic nitrogens is 3. The topological polar surface area (TPSA) is 115 Å². The van der Waals surface area contributed by atoms with Gasteiger partial charge < -0.3 is 14.6 Å². The Hall–Kier alpha value is -3.44. The molecule has 10 nitrogen and oxygen atoms in total. The number of likely N-dealkylation sites (tertiary alicyclic amines) is 1. The molecule has 1 fully saturated rings. The highest BCUT2D eigenvalue weighted by Crippen LogP contribution is 2.34. The number of rotatable bonds is 9. The molecule has 1 saturated heterocycles. The summed E-state index contributed by atoms with van der Waals surface area (Å²) in [5.74, 6) is 0.426. The Morgan fingerprint density at radius 1 is 1.24 bits per heavy atom. The van der Waals surface area contributed by atoms with Crippen molar-refractivity contribution in [2.24, 2.45) is 7.05 Å². The Kier molecular flexibility index (Phi) is 7.43. The molecule has 0 spiro atoms. The number of hydrogen-bond donors (Lipinski definition) is 1. The molecular weight excluding hydrogens is 456 g/mol. The zero-order valence-electron chi connectivity index (χ0n) is 19.0. The van der Waals surface area contributed by atoms with Crippen LogP contribution in [0.5, 0.6) is 5.75 Å². The van der Waals surface area contributed by atoms with Crippen LogP contribution in [0.25, 0.3) is 0 Å². The summed E-state index contributed by atoms with van der Waals surface area (Å²) in [6, 6.07) is 12.3. The van der Waals surface area contributed by atoms with Crippen molar-refractivity contribution in [2.75, 3.05) is 26.7 Å². The van der Waals surface area contributed by atoms with E-state index in [1.807, 2.05) is 24.3 Å². The van der Waals surface area contributed by atoms with E-state index in [4.69, 9.17) is 4.74 Å². The third kappa shape index (κ3) is 5.37. The number of nitrogens with zero attached hydrogens (tertiary/aromatic N) is 5. The Bertz CT molecular complexity index is 1160. The zero-order valence-corrected chi connectivity index (χ0v) is 19.8. The summed E-state index contributed by atoms with van der Waals surface area (Å²) in [5, 5.41) is 22.9. The van der Waals surface area contributed by atoms with E-state index < -0.39 is 4.92 Å². The van der Waals surface area contributed by atoms with Crippen LogP contribution in [0.4, 0.5) is 5.69 Å². The molecule has 2 aromatic carbocycles. The summed E-state index contributed by atoms with van der Waals surface area (Å²) in [6.45, 7) is 2.33. The van der Waals surface area contributed by atoms with Crippen LogP contribution in [0.3, 0.4) is 0 Å². The Morgan fingerprint density at radius 2 is 1.97 bits per heavy atom. The van der Waals surface area contributed by atoms with E-state index in [1.165, 1.54) is 12.4 Å². The van der Waals surface area contributed by atoms with E-state index in [-0.39, 0.29) is 23.2 Å². The number of carbonyl (C=O) groups is 1. The fourth-order valence-corrected chi connectivity index (χ4v) is 4.83. The van der Waals surface area contributed by atoms with E-state index in [2.05, 4.69) is 20.4 Å². The van der Waals surface area contributed by atoms with Crippen molar-refractivity contribution in [1.29, 1.82) is 0 Å². The SMILES string of the molecule is COc1ccc(C(CNC(=O)c2ccc(Sc3nncn3C)c([N+](=O)[O-])c2)N2CCCC2)cc1. The van der Waals surface area contributed by atoms with Gasteiger partial charge in [-0.2, -0.15) is 0 Å². The molecule has 1 aliphatic rings. The average molecular weight is 483 g/mol. The molecule has 1 atom stereocenters. The van der Waals surface area contributed by atoms with Crippen molar-refractivity contribution in [3.63, 3.8) is 0 Å². The summed E-state index contributed by atoms with van der Waals surface area (Å²) in [7, 11) is 3.39. The molecule has 0 aliphatic carbocycles. The normalized spacial score (nSPS) is 14.6. The van der Waals surface area contributed by atoms with Crippen LogP contribution in [0.15, 0.2) is 58.8 Å². The maximum Gasteiger partial charge on any atom is 0.284 e. The maximum absolute atomic E-state index is 12.9. The Balaban J connectivity index is 1.50. The summed E-state index contributed by atoms with van der Waals surface area (Å²) in [6.07, 6.45) is 3.77. The highest BCUT2D eigenvalue weighted by Gasteiger charge is 2.25. The molecule has 178 valence electrons. The molecule has 34 heavy (non-hydrogen) atoms. The minimum Gasteiger partial charge on any atom is -0.497 e. The molecule has 2 heterocycles. The molecule has 0 radical (unpaired) electrons. The second kappa shape index (κ2) is 10.7. The number of hydrogen-bond acceptors (Lipinski definition) is 8. The van der Waals surface area contributed by atoms with Crippen LogP contribution >= 0.6 is 11.8 Å². The van der Waals surface area contributed by atoms with Gasteiger partial charge in [0.1, 0.15) is 12.1 Å². The van der Waals surface area contributed by atoms with E-state index in [0.717, 1.165) is 49.0 Å². The van der Waals surface area contributed by atoms with Crippen LogP contribution in [0.2, 0.25) is 0 Å². The Morgan fingerprint density at radius 3 is 2.59 bits per heavy atom. The molecule has 1 N–H and O–H groups in total. The van der Waals surface area contributed by atoms with Gasteiger partial charge in [0.25, 0.3) is 11.6 Å². The van der Waals surface area contributed by atoms with Crippen molar-refractivity contribution >= 4 is 23.4 Å². The van der Waals surface area contributed by atoms with Gasteiger partial charge in [-0.25, -0.2) is 0 Å². The molecule has 1 amide bonds. The van der Waals surface area contributed by atoms with Crippen molar-refractivity contribution in [1.82, 2.24) is 25.0 Å². The quantitative estimate of drug-likeness (QED) is 0.364. The van der Waals surface area contributed by atoms with Crippen LogP contribution in [-0.4, -0.2) is 57.2 Å². The monoisotopic (exact) mass is 482 g/mol. The third-order valence-corrected chi connectivity index (χ3v) is 6.94. The average Bonchev–Trinajstić information content (AvgIpc) is 3.52. The number of carbonyl (C=O) groups excluding carboxylic acids is 1. The first-order valence-electron chi connectivity index (χ1n) is 10.9. The van der Waals surface area contributed by atoms with Crippen molar-refractivity contribution in [2.45, 2.75) is 28.9 Å². The highest BCUT2D eigenvalue weighted by atomic mass is 32.2. The van der Waals surface area contributed by atoms with Gasteiger partial charge >= 0.3 is 0 Å². The van der Waals surface area contributed by atoms with E-state index >= 15 is 0 Å². The van der Waals surface area contributed by atoms with Gasteiger partial charge in [-0.1, -0.05) is 12.1 Å². The van der Waals surface area contributed by atoms with Gasteiger partial charge in [0.2, 0.25) is 0 Å². The molecular formula is C23H26N6O4S. The highest BCUT2D eigenvalue weighted by molar-refractivity contribution is 7.99. The first-order chi connectivity index (χ1) is 16.5. The van der Waals surface area contributed by atoms with Crippen LogP contribution in [0, 0.1) is 10.1 Å². The van der Waals surface area contributed by atoms with Gasteiger partial charge in [-0.15, -0.1) is 10.2 Å². The standard InChI is InChI=1S/C23H26N6O4S/c1-27-15-25-26-23(27)34-21-10-7-17(13-19(21)29(31)32)22(30)24-14-20(28-11-3-4-12-28)16-5-8-18(33-2)9-6-16/h5-10,13,15,20H,3-4,11-12,14H2,1-2H3,(H,24,30). The van der Waals surface area contributed by atoms with Crippen molar-refractivity contribution in [3.05, 3.63) is 70.0 Å². The molecule has 0 bridgehead atoms. The Labute approximate surface area is 201 Å². The number of amides is 1. The maximum atomic E-state index is 12.9.